The van der Waals surface area contributed by atoms with E-state index in [1.165, 1.54) is 11.3 Å². The molecule has 0 unspecified atom stereocenters. The molecule has 0 amide bonds. The Bertz CT molecular complexity index is 1130. The smallest absolute Gasteiger partial charge is 0.267 e. The van der Waals surface area contributed by atoms with Gasteiger partial charge in [0.2, 0.25) is 4.96 Å². The topological polar surface area (TPSA) is 47.3 Å². The minimum Gasteiger partial charge on any atom is -0.267 e. The molecule has 0 saturated carbocycles. The number of thiazole rings is 1. The molecule has 0 atom stereocenters. The number of fused-ring (bicyclic) bond motifs is 1. The lowest BCUT2D eigenvalue weighted by Crippen LogP contribution is -2.23. The van der Waals surface area contributed by atoms with Gasteiger partial charge < -0.3 is 0 Å². The summed E-state index contributed by atoms with van der Waals surface area (Å²) in [6.45, 7) is 0. The first-order valence-electron chi connectivity index (χ1n) is 7.03. The monoisotopic (exact) mass is 417 g/mol. The zero-order valence-corrected chi connectivity index (χ0v) is 15.3. The number of hydrogen-bond acceptors (Lipinski definition) is 4. The van der Waals surface area contributed by atoms with Crippen LogP contribution in [0.25, 0.3) is 22.4 Å². The summed E-state index contributed by atoms with van der Waals surface area (Å²) in [6, 6.07) is 15.0. The van der Waals surface area contributed by atoms with Gasteiger partial charge in [-0.05, 0) is 48.0 Å². The summed E-state index contributed by atoms with van der Waals surface area (Å²) >= 11 is 10.6. The normalized spacial score (nSPS) is 12.2. The Morgan fingerprint density at radius 2 is 1.75 bits per heavy atom. The van der Waals surface area contributed by atoms with E-state index < -0.39 is 0 Å². The molecular formula is C17H9BrClN3OS. The van der Waals surface area contributed by atoms with Crippen molar-refractivity contribution in [3.05, 3.63) is 78.5 Å². The van der Waals surface area contributed by atoms with Gasteiger partial charge >= 0.3 is 0 Å². The van der Waals surface area contributed by atoms with Crippen LogP contribution in [0.15, 0.2) is 57.8 Å². The Hall–Kier alpha value is -2.02. The fraction of sp³-hybridized carbons (Fsp3) is 0. The van der Waals surface area contributed by atoms with Crippen molar-refractivity contribution in [3.8, 4) is 11.4 Å². The lowest BCUT2D eigenvalue weighted by atomic mass is 10.2. The van der Waals surface area contributed by atoms with Gasteiger partial charge in [0.05, 0.1) is 4.53 Å². The lowest BCUT2D eigenvalue weighted by Gasteiger charge is -1.96. The highest BCUT2D eigenvalue weighted by molar-refractivity contribution is 9.10. The molecule has 2 aromatic carbocycles. The maximum absolute atomic E-state index is 12.7. The summed E-state index contributed by atoms with van der Waals surface area (Å²) in [7, 11) is 0. The van der Waals surface area contributed by atoms with E-state index >= 15 is 0 Å². The van der Waals surface area contributed by atoms with E-state index in [0.29, 0.717) is 20.3 Å². The Morgan fingerprint density at radius 1 is 1.04 bits per heavy atom. The molecule has 0 fully saturated rings. The van der Waals surface area contributed by atoms with E-state index in [1.807, 2.05) is 42.5 Å². The standard InChI is InChI=1S/C17H9BrClN3OS/c18-12-5-1-10(2-6-12)9-14-16(23)22-15(20-21-17(22)24-14)11-3-7-13(19)8-4-11/h1-9H. The molecule has 0 aliphatic carbocycles. The molecule has 4 nitrogen and oxygen atoms in total. The largest absolute Gasteiger partial charge is 0.276 e. The maximum atomic E-state index is 12.7. The van der Waals surface area contributed by atoms with Crippen molar-refractivity contribution in [2.45, 2.75) is 0 Å². The number of benzene rings is 2. The zero-order chi connectivity index (χ0) is 16.7. The van der Waals surface area contributed by atoms with E-state index in [9.17, 15) is 4.79 Å². The molecule has 4 rings (SSSR count). The van der Waals surface area contributed by atoms with Crippen LogP contribution in [-0.4, -0.2) is 14.6 Å². The molecule has 2 heterocycles. The minimum atomic E-state index is -0.118. The van der Waals surface area contributed by atoms with Gasteiger partial charge in [0.15, 0.2) is 5.82 Å². The number of nitrogens with zero attached hydrogens (tertiary/aromatic N) is 3. The van der Waals surface area contributed by atoms with Crippen LogP contribution in [0.3, 0.4) is 0 Å². The van der Waals surface area contributed by atoms with Crippen LogP contribution in [0.2, 0.25) is 5.02 Å². The molecule has 118 valence electrons. The third-order valence-electron chi connectivity index (χ3n) is 3.52. The van der Waals surface area contributed by atoms with E-state index in [-0.39, 0.29) is 5.56 Å². The van der Waals surface area contributed by atoms with E-state index in [0.717, 1.165) is 15.6 Å². The quantitative estimate of drug-likeness (QED) is 0.498. The van der Waals surface area contributed by atoms with Crippen LogP contribution >= 0.6 is 38.9 Å². The fourth-order valence-electron chi connectivity index (χ4n) is 2.36. The van der Waals surface area contributed by atoms with Gasteiger partial charge in [0, 0.05) is 15.1 Å². The third-order valence-corrected chi connectivity index (χ3v) is 5.26. The second-order valence-corrected chi connectivity index (χ2v) is 7.48. The molecular weight excluding hydrogens is 410 g/mol. The third kappa shape index (κ3) is 2.77. The summed E-state index contributed by atoms with van der Waals surface area (Å²) in [5.74, 6) is 0.526. The van der Waals surface area contributed by atoms with Gasteiger partial charge in [-0.25, -0.2) is 4.40 Å². The molecule has 4 aromatic rings. The fourth-order valence-corrected chi connectivity index (χ4v) is 3.66. The van der Waals surface area contributed by atoms with Crippen LogP contribution < -0.4 is 10.1 Å². The van der Waals surface area contributed by atoms with Crippen LogP contribution in [0.5, 0.6) is 0 Å². The van der Waals surface area contributed by atoms with Gasteiger partial charge in [0.1, 0.15) is 0 Å². The lowest BCUT2D eigenvalue weighted by molar-refractivity contribution is 1.09. The Labute approximate surface area is 154 Å². The predicted molar refractivity (Wildman–Crippen MR) is 101 cm³/mol. The molecule has 0 bridgehead atoms. The van der Waals surface area contributed by atoms with E-state index in [4.69, 9.17) is 11.6 Å². The summed E-state index contributed by atoms with van der Waals surface area (Å²) < 4.78 is 3.16. The van der Waals surface area contributed by atoms with Crippen LogP contribution in [0.4, 0.5) is 0 Å². The molecule has 0 spiro atoms. The molecule has 2 aromatic heterocycles. The van der Waals surface area contributed by atoms with Crippen molar-refractivity contribution < 1.29 is 0 Å². The molecule has 7 heteroatoms. The van der Waals surface area contributed by atoms with Crippen molar-refractivity contribution >= 4 is 49.9 Å². The Morgan fingerprint density at radius 3 is 2.46 bits per heavy atom. The van der Waals surface area contributed by atoms with Crippen molar-refractivity contribution in [2.24, 2.45) is 0 Å². The Kier molecular flexibility index (Phi) is 3.96. The molecule has 24 heavy (non-hydrogen) atoms. The van der Waals surface area contributed by atoms with Gasteiger partial charge in [-0.2, -0.15) is 0 Å². The van der Waals surface area contributed by atoms with Crippen molar-refractivity contribution in [2.75, 3.05) is 0 Å². The zero-order valence-electron chi connectivity index (χ0n) is 12.1. The summed E-state index contributed by atoms with van der Waals surface area (Å²) in [5, 5.41) is 8.90. The average Bonchev–Trinajstić information content (AvgIpc) is 3.12. The molecule has 0 aliphatic heterocycles. The molecule has 0 N–H and O–H groups in total. The Balaban J connectivity index is 1.89. The second kappa shape index (κ2) is 6.12. The number of halogens is 2. The number of rotatable bonds is 2. The highest BCUT2D eigenvalue weighted by atomic mass is 79.9. The molecule has 0 saturated heterocycles. The van der Waals surface area contributed by atoms with Gasteiger partial charge in [0.25, 0.3) is 5.56 Å². The average molecular weight is 419 g/mol. The number of aromatic nitrogens is 3. The first-order valence-corrected chi connectivity index (χ1v) is 9.02. The summed E-state index contributed by atoms with van der Waals surface area (Å²) in [5.41, 5.74) is 1.64. The minimum absolute atomic E-state index is 0.118. The number of hydrogen-bond donors (Lipinski definition) is 0. The van der Waals surface area contributed by atoms with Crippen molar-refractivity contribution in [1.82, 2.24) is 14.6 Å². The molecule has 0 aliphatic rings. The van der Waals surface area contributed by atoms with E-state index in [1.54, 1.807) is 16.5 Å². The SMILES string of the molecule is O=c1c(=Cc2ccc(Br)cc2)sc2nnc(-c3ccc(Cl)cc3)n12. The van der Waals surface area contributed by atoms with Gasteiger partial charge in [-0.15, -0.1) is 10.2 Å². The predicted octanol–water partition coefficient (Wildman–Crippen LogP) is 3.78. The first kappa shape index (κ1) is 15.5. The van der Waals surface area contributed by atoms with Crippen LogP contribution in [0.1, 0.15) is 5.56 Å². The first-order chi connectivity index (χ1) is 11.6. The van der Waals surface area contributed by atoms with Crippen molar-refractivity contribution in [3.63, 3.8) is 0 Å². The van der Waals surface area contributed by atoms with Gasteiger partial charge in [-0.1, -0.05) is 51.0 Å². The van der Waals surface area contributed by atoms with Crippen LogP contribution in [-0.2, 0) is 0 Å². The second-order valence-electron chi connectivity index (χ2n) is 5.12. The molecule has 0 radical (unpaired) electrons. The van der Waals surface area contributed by atoms with Gasteiger partial charge in [-0.3, -0.25) is 4.79 Å². The maximum Gasteiger partial charge on any atom is 0.276 e. The van der Waals surface area contributed by atoms with Crippen LogP contribution in [0, 0.1) is 0 Å². The van der Waals surface area contributed by atoms with Crippen molar-refractivity contribution in [1.29, 1.82) is 0 Å². The highest BCUT2D eigenvalue weighted by Crippen LogP contribution is 2.20. The highest BCUT2D eigenvalue weighted by Gasteiger charge is 2.13. The summed E-state index contributed by atoms with van der Waals surface area (Å²) in [6.07, 6.45) is 1.86. The summed E-state index contributed by atoms with van der Waals surface area (Å²) in [4.78, 5) is 13.3. The van der Waals surface area contributed by atoms with E-state index in [2.05, 4.69) is 26.1 Å².